The summed E-state index contributed by atoms with van der Waals surface area (Å²) in [5.74, 6) is 2.38. The molecule has 3 heteroatoms. The third kappa shape index (κ3) is 3.45. The van der Waals surface area contributed by atoms with Gasteiger partial charge in [0.2, 0.25) is 0 Å². The van der Waals surface area contributed by atoms with Crippen molar-refractivity contribution >= 4 is 0 Å². The summed E-state index contributed by atoms with van der Waals surface area (Å²) in [5, 5.41) is 0. The van der Waals surface area contributed by atoms with E-state index in [0.717, 1.165) is 36.1 Å². The van der Waals surface area contributed by atoms with Gasteiger partial charge in [-0.25, -0.2) is 0 Å². The number of aromatic nitrogens is 1. The van der Waals surface area contributed by atoms with Crippen LogP contribution in [0.2, 0.25) is 0 Å². The molecule has 1 aliphatic carbocycles. The Morgan fingerprint density at radius 2 is 1.89 bits per heavy atom. The largest absolute Gasteiger partial charge is 0.489 e. The molecule has 18 heavy (non-hydrogen) atoms. The molecule has 0 amide bonds. The molecule has 2 unspecified atom stereocenters. The molecule has 2 N–H and O–H groups in total. The summed E-state index contributed by atoms with van der Waals surface area (Å²) in [6.07, 6.45) is 5.76. The molecule has 3 atom stereocenters. The zero-order valence-electron chi connectivity index (χ0n) is 11.6. The van der Waals surface area contributed by atoms with Crippen molar-refractivity contribution in [1.29, 1.82) is 0 Å². The minimum Gasteiger partial charge on any atom is -0.489 e. The van der Waals surface area contributed by atoms with E-state index >= 15 is 0 Å². The fraction of sp³-hybridized carbons (Fsp3) is 0.667. The Bertz CT molecular complexity index is 365. The van der Waals surface area contributed by atoms with Crippen LogP contribution in [-0.2, 0) is 0 Å². The minimum atomic E-state index is -0.0197. The standard InChI is InChI=1S/C15H24N2O/c1-10-6-11(2)8-14(7-10)18-13-4-5-15(12(3)16)17-9-13/h4-5,9-12,14H,6-8,16H2,1-3H3/t10?,11?,12-,14?/m0/s1. The molecule has 2 rings (SSSR count). The van der Waals surface area contributed by atoms with Crippen molar-refractivity contribution in [3.05, 3.63) is 24.0 Å². The summed E-state index contributed by atoms with van der Waals surface area (Å²) in [4.78, 5) is 4.33. The van der Waals surface area contributed by atoms with Crippen molar-refractivity contribution in [2.45, 2.75) is 52.2 Å². The number of hydrogen-bond acceptors (Lipinski definition) is 3. The van der Waals surface area contributed by atoms with E-state index in [-0.39, 0.29) is 6.04 Å². The van der Waals surface area contributed by atoms with Gasteiger partial charge in [0.05, 0.1) is 18.0 Å². The quantitative estimate of drug-likeness (QED) is 0.892. The Labute approximate surface area is 110 Å². The van der Waals surface area contributed by atoms with E-state index in [1.54, 1.807) is 6.20 Å². The zero-order chi connectivity index (χ0) is 13.1. The molecular weight excluding hydrogens is 224 g/mol. The van der Waals surface area contributed by atoms with E-state index in [9.17, 15) is 0 Å². The third-order valence-electron chi connectivity index (χ3n) is 3.66. The molecule has 0 aromatic carbocycles. The van der Waals surface area contributed by atoms with Crippen molar-refractivity contribution in [2.24, 2.45) is 17.6 Å². The Morgan fingerprint density at radius 1 is 1.22 bits per heavy atom. The van der Waals surface area contributed by atoms with Gasteiger partial charge in [-0.05, 0) is 50.2 Å². The van der Waals surface area contributed by atoms with Gasteiger partial charge in [-0.15, -0.1) is 0 Å². The summed E-state index contributed by atoms with van der Waals surface area (Å²) in [5.41, 5.74) is 6.69. The maximum Gasteiger partial charge on any atom is 0.138 e. The number of nitrogens with two attached hydrogens (primary N) is 1. The maximum atomic E-state index is 6.03. The van der Waals surface area contributed by atoms with Gasteiger partial charge in [0.25, 0.3) is 0 Å². The van der Waals surface area contributed by atoms with E-state index in [4.69, 9.17) is 10.5 Å². The zero-order valence-corrected chi connectivity index (χ0v) is 11.6. The lowest BCUT2D eigenvalue weighted by molar-refractivity contribution is 0.101. The van der Waals surface area contributed by atoms with Crippen LogP contribution in [0.4, 0.5) is 0 Å². The Hall–Kier alpha value is -1.09. The fourth-order valence-corrected chi connectivity index (χ4v) is 2.89. The van der Waals surface area contributed by atoms with Gasteiger partial charge < -0.3 is 10.5 Å². The molecule has 0 aliphatic heterocycles. The highest BCUT2D eigenvalue weighted by Crippen LogP contribution is 2.31. The fourth-order valence-electron chi connectivity index (χ4n) is 2.89. The topological polar surface area (TPSA) is 48.1 Å². The van der Waals surface area contributed by atoms with Crippen LogP contribution in [0, 0.1) is 11.8 Å². The average Bonchev–Trinajstić information content (AvgIpc) is 2.28. The van der Waals surface area contributed by atoms with Gasteiger partial charge in [0.1, 0.15) is 5.75 Å². The number of pyridine rings is 1. The number of ether oxygens (including phenoxy) is 1. The normalized spacial score (nSPS) is 29.9. The summed E-state index contributed by atoms with van der Waals surface area (Å²) >= 11 is 0. The minimum absolute atomic E-state index is 0.0197. The molecule has 1 aromatic rings. The smallest absolute Gasteiger partial charge is 0.138 e. The highest BCUT2D eigenvalue weighted by atomic mass is 16.5. The lowest BCUT2D eigenvalue weighted by Gasteiger charge is -2.31. The van der Waals surface area contributed by atoms with Crippen LogP contribution >= 0.6 is 0 Å². The third-order valence-corrected chi connectivity index (χ3v) is 3.66. The highest BCUT2D eigenvalue weighted by molar-refractivity contribution is 5.21. The number of nitrogens with zero attached hydrogens (tertiary/aromatic N) is 1. The SMILES string of the molecule is CC1CC(C)CC(Oc2ccc([C@H](C)N)nc2)C1. The monoisotopic (exact) mass is 248 g/mol. The summed E-state index contributed by atoms with van der Waals surface area (Å²) < 4.78 is 6.03. The van der Waals surface area contributed by atoms with Crippen molar-refractivity contribution in [3.8, 4) is 5.75 Å². The molecular formula is C15H24N2O. The van der Waals surface area contributed by atoms with Gasteiger partial charge in [-0.1, -0.05) is 13.8 Å². The van der Waals surface area contributed by atoms with Gasteiger partial charge in [0.15, 0.2) is 0 Å². The van der Waals surface area contributed by atoms with Crippen LogP contribution < -0.4 is 10.5 Å². The lowest BCUT2D eigenvalue weighted by Crippen LogP contribution is -2.28. The van der Waals surface area contributed by atoms with E-state index in [1.165, 1.54) is 6.42 Å². The first-order valence-electron chi connectivity index (χ1n) is 6.92. The predicted molar refractivity (Wildman–Crippen MR) is 73.4 cm³/mol. The maximum absolute atomic E-state index is 6.03. The first-order valence-corrected chi connectivity index (χ1v) is 6.92. The Kier molecular flexibility index (Phi) is 4.23. The highest BCUT2D eigenvalue weighted by Gasteiger charge is 2.25. The first kappa shape index (κ1) is 13.3. The molecule has 1 saturated carbocycles. The van der Waals surface area contributed by atoms with Crippen LogP contribution in [-0.4, -0.2) is 11.1 Å². The molecule has 1 aliphatic rings. The first-order chi connectivity index (χ1) is 8.54. The molecule has 1 heterocycles. The summed E-state index contributed by atoms with van der Waals surface area (Å²) in [6, 6.07) is 3.92. The van der Waals surface area contributed by atoms with Gasteiger partial charge in [-0.2, -0.15) is 0 Å². The van der Waals surface area contributed by atoms with Crippen molar-refractivity contribution < 1.29 is 4.74 Å². The molecule has 1 aromatic heterocycles. The number of rotatable bonds is 3. The van der Waals surface area contributed by atoms with E-state index < -0.39 is 0 Å². The van der Waals surface area contributed by atoms with Gasteiger partial charge in [0, 0.05) is 6.04 Å². The molecule has 0 spiro atoms. The van der Waals surface area contributed by atoms with E-state index in [2.05, 4.69) is 18.8 Å². The van der Waals surface area contributed by atoms with Crippen LogP contribution in [0.3, 0.4) is 0 Å². The molecule has 3 nitrogen and oxygen atoms in total. The van der Waals surface area contributed by atoms with Crippen LogP contribution in [0.15, 0.2) is 18.3 Å². The van der Waals surface area contributed by atoms with Crippen molar-refractivity contribution in [3.63, 3.8) is 0 Å². The summed E-state index contributed by atoms with van der Waals surface area (Å²) in [6.45, 7) is 6.56. The van der Waals surface area contributed by atoms with E-state index in [1.807, 2.05) is 19.1 Å². The second-order valence-electron chi connectivity index (χ2n) is 5.86. The van der Waals surface area contributed by atoms with E-state index in [0.29, 0.717) is 6.10 Å². The summed E-state index contributed by atoms with van der Waals surface area (Å²) in [7, 11) is 0. The predicted octanol–water partition coefficient (Wildman–Crippen LogP) is 3.30. The van der Waals surface area contributed by atoms with Crippen LogP contribution in [0.25, 0.3) is 0 Å². The second-order valence-corrected chi connectivity index (χ2v) is 5.86. The molecule has 0 saturated heterocycles. The molecule has 1 fully saturated rings. The lowest BCUT2D eigenvalue weighted by atomic mass is 9.82. The van der Waals surface area contributed by atoms with Crippen LogP contribution in [0.5, 0.6) is 5.75 Å². The van der Waals surface area contributed by atoms with Gasteiger partial charge >= 0.3 is 0 Å². The second kappa shape index (κ2) is 5.70. The Morgan fingerprint density at radius 3 is 2.39 bits per heavy atom. The molecule has 0 radical (unpaired) electrons. The average molecular weight is 248 g/mol. The van der Waals surface area contributed by atoms with Crippen molar-refractivity contribution in [2.75, 3.05) is 0 Å². The molecule has 0 bridgehead atoms. The van der Waals surface area contributed by atoms with Crippen molar-refractivity contribution in [1.82, 2.24) is 4.98 Å². The Balaban J connectivity index is 1.96. The number of hydrogen-bond donors (Lipinski definition) is 1. The van der Waals surface area contributed by atoms with Crippen LogP contribution in [0.1, 0.15) is 51.8 Å². The molecule has 100 valence electrons. The van der Waals surface area contributed by atoms with Gasteiger partial charge in [-0.3, -0.25) is 4.98 Å².